The number of carbonyl (C=O) groups excluding carboxylic acids is 1. The Labute approximate surface area is 217 Å². The van der Waals surface area contributed by atoms with Gasteiger partial charge in [0.25, 0.3) is 5.91 Å². The second-order valence-corrected chi connectivity index (χ2v) is 10.1. The maximum absolute atomic E-state index is 14.0. The fourth-order valence-corrected chi connectivity index (χ4v) is 4.84. The number of aromatic nitrogens is 4. The van der Waals surface area contributed by atoms with Gasteiger partial charge in [0.05, 0.1) is 17.8 Å². The molecule has 2 aromatic heterocycles. The Morgan fingerprint density at radius 2 is 1.89 bits per heavy atom. The monoisotopic (exact) mass is 526 g/mol. The van der Waals surface area contributed by atoms with E-state index in [1.165, 1.54) is 24.3 Å². The summed E-state index contributed by atoms with van der Waals surface area (Å²) in [6.07, 6.45) is 5.61. The summed E-state index contributed by atoms with van der Waals surface area (Å²) in [5.41, 5.74) is 1.95. The van der Waals surface area contributed by atoms with Gasteiger partial charge in [0.1, 0.15) is 11.4 Å². The van der Waals surface area contributed by atoms with E-state index in [9.17, 15) is 18.0 Å². The van der Waals surface area contributed by atoms with Gasteiger partial charge >= 0.3 is 6.61 Å². The molecule has 38 heavy (non-hydrogen) atoms. The van der Waals surface area contributed by atoms with Gasteiger partial charge in [-0.05, 0) is 68.7 Å². The molecule has 0 bridgehead atoms. The Kier molecular flexibility index (Phi) is 7.11. The van der Waals surface area contributed by atoms with Crippen LogP contribution < -0.4 is 10.1 Å². The van der Waals surface area contributed by atoms with Crippen molar-refractivity contribution in [3.63, 3.8) is 0 Å². The van der Waals surface area contributed by atoms with Crippen molar-refractivity contribution in [1.29, 1.82) is 0 Å². The number of aromatic amines is 1. The normalized spacial score (nSPS) is 15.3. The Bertz CT molecular complexity index is 1400. The third kappa shape index (κ3) is 5.99. The maximum atomic E-state index is 14.0. The molecule has 0 radical (unpaired) electrons. The van der Waals surface area contributed by atoms with E-state index in [2.05, 4.69) is 30.2 Å². The number of H-pyrrole nitrogens is 1. The molecule has 1 fully saturated rings. The molecule has 5 rings (SSSR count). The molecule has 1 amide bonds. The minimum atomic E-state index is -2.92. The molecular weight excluding hydrogens is 497 g/mol. The van der Waals surface area contributed by atoms with E-state index in [4.69, 9.17) is 0 Å². The summed E-state index contributed by atoms with van der Waals surface area (Å²) in [5, 5.41) is 15.0. The van der Waals surface area contributed by atoms with Gasteiger partial charge in [0, 0.05) is 42.5 Å². The molecular formula is C27H29F3N6O2. The molecule has 11 heteroatoms. The van der Waals surface area contributed by atoms with Crippen LogP contribution in [0.15, 0.2) is 54.9 Å². The molecule has 200 valence electrons. The number of benzene rings is 2. The van der Waals surface area contributed by atoms with Gasteiger partial charge < -0.3 is 15.0 Å². The van der Waals surface area contributed by atoms with E-state index in [1.807, 2.05) is 29.1 Å². The molecule has 0 unspecified atom stereocenters. The minimum Gasteiger partial charge on any atom is -0.435 e. The van der Waals surface area contributed by atoms with Crippen LogP contribution in [0.4, 0.5) is 18.9 Å². The molecule has 4 aromatic rings. The number of likely N-dealkylation sites (tertiary alicyclic amines) is 1. The van der Waals surface area contributed by atoms with E-state index in [-0.39, 0.29) is 17.5 Å². The highest BCUT2D eigenvalue weighted by atomic mass is 19.3. The van der Waals surface area contributed by atoms with Gasteiger partial charge in [-0.1, -0.05) is 6.07 Å². The lowest BCUT2D eigenvalue weighted by Crippen LogP contribution is -2.41. The van der Waals surface area contributed by atoms with Crippen molar-refractivity contribution in [3.8, 4) is 16.9 Å². The lowest BCUT2D eigenvalue weighted by molar-refractivity contribution is -0.0498. The van der Waals surface area contributed by atoms with E-state index < -0.39 is 18.2 Å². The number of fused-ring (bicyclic) bond motifs is 1. The Morgan fingerprint density at radius 3 is 2.58 bits per heavy atom. The average Bonchev–Trinajstić information content (AvgIpc) is 3.52. The first-order valence-corrected chi connectivity index (χ1v) is 12.4. The van der Waals surface area contributed by atoms with Crippen molar-refractivity contribution in [3.05, 3.63) is 60.6 Å². The van der Waals surface area contributed by atoms with Crippen LogP contribution in [-0.2, 0) is 0 Å². The number of piperidine rings is 1. The van der Waals surface area contributed by atoms with Gasteiger partial charge in [-0.2, -0.15) is 19.0 Å². The smallest absolute Gasteiger partial charge is 0.387 e. The van der Waals surface area contributed by atoms with E-state index >= 15 is 0 Å². The fourth-order valence-electron chi connectivity index (χ4n) is 4.84. The molecule has 2 aromatic carbocycles. The number of ether oxygens (including phenoxy) is 1. The first kappa shape index (κ1) is 25.8. The highest BCUT2D eigenvalue weighted by Crippen LogP contribution is 2.29. The van der Waals surface area contributed by atoms with Crippen LogP contribution in [-0.4, -0.2) is 62.7 Å². The third-order valence-corrected chi connectivity index (χ3v) is 6.58. The van der Waals surface area contributed by atoms with Gasteiger partial charge in [0.15, 0.2) is 5.69 Å². The zero-order chi connectivity index (χ0) is 26.9. The van der Waals surface area contributed by atoms with Crippen LogP contribution in [0.3, 0.4) is 0 Å². The zero-order valence-electron chi connectivity index (χ0n) is 21.1. The van der Waals surface area contributed by atoms with Crippen molar-refractivity contribution in [2.24, 2.45) is 0 Å². The number of alkyl halides is 3. The number of amides is 1. The molecule has 0 spiro atoms. The fraction of sp³-hybridized carbons (Fsp3) is 0.370. The number of nitrogens with zero attached hydrogens (tertiary/aromatic N) is 4. The quantitative estimate of drug-likeness (QED) is 0.309. The van der Waals surface area contributed by atoms with Crippen LogP contribution in [0.5, 0.6) is 5.75 Å². The largest absolute Gasteiger partial charge is 0.435 e. The zero-order valence-corrected chi connectivity index (χ0v) is 21.1. The van der Waals surface area contributed by atoms with Crippen LogP contribution >= 0.6 is 0 Å². The topological polar surface area (TPSA) is 88.1 Å². The second-order valence-electron chi connectivity index (χ2n) is 10.1. The van der Waals surface area contributed by atoms with E-state index in [0.29, 0.717) is 23.1 Å². The van der Waals surface area contributed by atoms with E-state index in [1.54, 1.807) is 20.0 Å². The third-order valence-electron chi connectivity index (χ3n) is 6.58. The first-order chi connectivity index (χ1) is 18.1. The molecule has 1 aliphatic heterocycles. The summed E-state index contributed by atoms with van der Waals surface area (Å²) < 4.78 is 45.0. The highest BCUT2D eigenvalue weighted by Gasteiger charge is 2.26. The van der Waals surface area contributed by atoms with Crippen molar-refractivity contribution in [1.82, 2.24) is 24.9 Å². The number of hydrogen-bond acceptors (Lipinski definition) is 5. The lowest BCUT2D eigenvalue weighted by Gasteiger charge is -2.34. The van der Waals surface area contributed by atoms with Crippen molar-refractivity contribution in [2.75, 3.05) is 25.0 Å². The number of nitrogens with one attached hydrogen (secondary N) is 2. The lowest BCUT2D eigenvalue weighted by atomic mass is 10.0. The van der Waals surface area contributed by atoms with Crippen molar-refractivity contribution >= 4 is 22.5 Å². The minimum absolute atomic E-state index is 0.00247. The summed E-state index contributed by atoms with van der Waals surface area (Å²) in [5.74, 6) is -0.433. The number of rotatable bonds is 8. The first-order valence-electron chi connectivity index (χ1n) is 12.4. The Balaban J connectivity index is 1.28. The second kappa shape index (κ2) is 10.5. The van der Waals surface area contributed by atoms with Crippen LogP contribution in [0.25, 0.3) is 22.0 Å². The average molecular weight is 527 g/mol. The van der Waals surface area contributed by atoms with Gasteiger partial charge in [-0.25, -0.2) is 4.39 Å². The molecule has 0 atom stereocenters. The molecule has 1 aliphatic rings. The molecule has 0 saturated carbocycles. The van der Waals surface area contributed by atoms with Crippen molar-refractivity contribution < 1.29 is 22.7 Å². The summed E-state index contributed by atoms with van der Waals surface area (Å²) in [6.45, 7) is 2.39. The number of hydrogen-bond donors (Lipinski definition) is 2. The summed E-state index contributed by atoms with van der Waals surface area (Å²) in [6, 6.07) is 11.6. The number of carbonyl (C=O) groups is 1. The van der Waals surface area contributed by atoms with Gasteiger partial charge in [0.2, 0.25) is 0 Å². The predicted molar refractivity (Wildman–Crippen MR) is 138 cm³/mol. The Morgan fingerprint density at radius 1 is 1.16 bits per heavy atom. The van der Waals surface area contributed by atoms with Gasteiger partial charge in [-0.15, -0.1) is 0 Å². The molecule has 8 nitrogen and oxygen atoms in total. The van der Waals surface area contributed by atoms with Gasteiger partial charge in [-0.3, -0.25) is 14.6 Å². The maximum Gasteiger partial charge on any atom is 0.387 e. The van der Waals surface area contributed by atoms with E-state index in [0.717, 1.165) is 37.1 Å². The molecule has 1 saturated heterocycles. The standard InChI is InChI=1S/C27H29F3N6O2/c1-27(2,30)16-35-11-9-20(10-12-35)36-15-18(14-31-36)17-3-8-23-22(13-17)24(34-33-23)25(37)32-19-4-6-21(7-5-19)38-26(28)29/h3-8,13-15,20,26H,9-12,16H2,1-2H3,(H,32,37)(H,33,34). The number of anilines is 1. The number of halogens is 3. The summed E-state index contributed by atoms with van der Waals surface area (Å²) >= 11 is 0. The highest BCUT2D eigenvalue weighted by molar-refractivity contribution is 6.11. The summed E-state index contributed by atoms with van der Waals surface area (Å²) in [4.78, 5) is 15.1. The summed E-state index contributed by atoms with van der Waals surface area (Å²) in [7, 11) is 0. The molecule has 2 N–H and O–H groups in total. The van der Waals surface area contributed by atoms with Crippen molar-refractivity contribution in [2.45, 2.75) is 45.0 Å². The molecule has 3 heterocycles. The van der Waals surface area contributed by atoms with Crippen LogP contribution in [0.2, 0.25) is 0 Å². The van der Waals surface area contributed by atoms with Crippen LogP contribution in [0.1, 0.15) is 43.2 Å². The van der Waals surface area contributed by atoms with Crippen LogP contribution in [0, 0.1) is 0 Å². The SMILES string of the molecule is CC(C)(F)CN1CCC(n2cc(-c3ccc4[nH]nc(C(=O)Nc5ccc(OC(F)F)cc5)c4c3)cn2)CC1. The predicted octanol–water partition coefficient (Wildman–Crippen LogP) is 5.67. The molecule has 0 aliphatic carbocycles. The Hall–Kier alpha value is -3.86.